The average Bonchev–Trinajstić information content (AvgIpc) is 2.58. The molecule has 1 fully saturated rings. The smallest absolute Gasteiger partial charge is 0.0858 e. The predicted molar refractivity (Wildman–Crippen MR) is 158 cm³/mol. The van der Waals surface area contributed by atoms with Crippen LogP contribution in [-0.4, -0.2) is 26.9 Å². The number of rotatable bonds is 3. The minimum Gasteiger partial charge on any atom is -0.0858 e. The summed E-state index contributed by atoms with van der Waals surface area (Å²) < 4.78 is -3.21. The minimum atomic E-state index is -0.698. The van der Waals surface area contributed by atoms with Crippen LogP contribution in [0.25, 0.3) is 0 Å². The molecule has 4 unspecified atom stereocenters. The van der Waals surface area contributed by atoms with E-state index in [9.17, 15) is 0 Å². The Hall–Kier alpha value is 4.98. The van der Waals surface area contributed by atoms with Crippen LogP contribution in [0.15, 0.2) is 30.3 Å². The van der Waals surface area contributed by atoms with Crippen LogP contribution >= 0.6 is 191 Å². The van der Waals surface area contributed by atoms with Gasteiger partial charge in [-0.15, -0.1) is 0 Å². The molecule has 0 spiro atoms. The monoisotopic (exact) mass is 1120 g/mol. The van der Waals surface area contributed by atoms with Crippen LogP contribution < -0.4 is 0 Å². The van der Waals surface area contributed by atoms with E-state index >= 15 is 0 Å². The van der Waals surface area contributed by atoms with Crippen molar-refractivity contribution in [1.82, 2.24) is 0 Å². The van der Waals surface area contributed by atoms with E-state index in [0.717, 1.165) is 0 Å². The van der Waals surface area contributed by atoms with E-state index in [-0.39, 0.29) is 14.5 Å². The normalized spacial score (nSPS) is 34.1. The van der Waals surface area contributed by atoms with Crippen molar-refractivity contribution < 1.29 is 0 Å². The fraction of sp³-hybridized carbons (Fsp3) is 0.571. The number of halogens is 12. The molecule has 0 bridgehead atoms. The molecule has 1 aliphatic rings. The molecular weight excluding hydrogens is 1130 g/mol. The maximum Gasteiger partial charge on any atom is 0.134 e. The minimum absolute atomic E-state index is 0.0300. The molecule has 4 atom stereocenters. The SMILES string of the molecule is BrC(c1ccccc1)C(Br)C1(Br)C(Br)C(Br)(Br)C(Br)(Br)C(Br)(Br)C1(Br)Br. The topological polar surface area (TPSA) is 0 Å². The van der Waals surface area contributed by atoms with Gasteiger partial charge < -0.3 is 0 Å². The lowest BCUT2D eigenvalue weighted by atomic mass is 9.83. The summed E-state index contributed by atoms with van der Waals surface area (Å²) in [6, 6.07) is 10.3. The number of alkyl halides is 12. The van der Waals surface area contributed by atoms with Gasteiger partial charge in [0.15, 0.2) is 0 Å². The summed E-state index contributed by atoms with van der Waals surface area (Å²) in [5, 5.41) is 0. The molecule has 12 heteroatoms. The summed E-state index contributed by atoms with van der Waals surface area (Å²) in [5.74, 6) is 0. The van der Waals surface area contributed by atoms with Crippen LogP contribution in [0.5, 0.6) is 0 Å². The molecular formula is C14H8Br12. The van der Waals surface area contributed by atoms with Gasteiger partial charge in [0.05, 0.1) is 14.0 Å². The number of benzene rings is 1. The van der Waals surface area contributed by atoms with Crippen molar-refractivity contribution in [3.05, 3.63) is 35.9 Å². The predicted octanol–water partition coefficient (Wildman–Crippen LogP) is 10.7. The summed E-state index contributed by atoms with van der Waals surface area (Å²) >= 11 is 46.8. The summed E-state index contributed by atoms with van der Waals surface area (Å²) in [4.78, 5) is -0.153. The fourth-order valence-electron chi connectivity index (χ4n) is 2.56. The van der Waals surface area contributed by atoms with Crippen LogP contribution in [0.2, 0.25) is 0 Å². The molecule has 0 aromatic heterocycles. The molecule has 0 heterocycles. The Balaban J connectivity index is 2.64. The maximum atomic E-state index is 4.07. The lowest BCUT2D eigenvalue weighted by Crippen LogP contribution is -2.77. The first-order chi connectivity index (χ1) is 11.6. The van der Waals surface area contributed by atoms with Crippen molar-refractivity contribution in [3.8, 4) is 0 Å². The van der Waals surface area contributed by atoms with Crippen molar-refractivity contribution in [2.45, 2.75) is 31.7 Å². The Morgan fingerprint density at radius 1 is 0.692 bits per heavy atom. The van der Waals surface area contributed by atoms with E-state index in [1.807, 2.05) is 18.2 Å². The first kappa shape index (κ1) is 27.2. The molecule has 0 saturated heterocycles. The largest absolute Gasteiger partial charge is 0.134 e. The highest BCUT2D eigenvalue weighted by atomic mass is 79.9. The summed E-state index contributed by atoms with van der Waals surface area (Å²) in [6.07, 6.45) is 0. The molecule has 1 aromatic carbocycles. The van der Waals surface area contributed by atoms with Gasteiger partial charge in [-0.2, -0.15) is 0 Å². The van der Waals surface area contributed by atoms with E-state index in [4.69, 9.17) is 0 Å². The van der Waals surface area contributed by atoms with Crippen LogP contribution in [-0.2, 0) is 0 Å². The second kappa shape index (κ2) is 9.32. The van der Waals surface area contributed by atoms with Gasteiger partial charge >= 0.3 is 0 Å². The molecule has 0 nitrogen and oxygen atoms in total. The molecule has 26 heavy (non-hydrogen) atoms. The summed E-state index contributed by atoms with van der Waals surface area (Å²) in [7, 11) is 0. The number of hydrogen-bond donors (Lipinski definition) is 0. The van der Waals surface area contributed by atoms with Crippen LogP contribution in [0.4, 0.5) is 0 Å². The van der Waals surface area contributed by atoms with Gasteiger partial charge in [-0.1, -0.05) is 221 Å². The third-order valence-electron chi connectivity index (χ3n) is 4.15. The van der Waals surface area contributed by atoms with Crippen LogP contribution in [0.1, 0.15) is 10.4 Å². The third-order valence-corrected chi connectivity index (χ3v) is 29.5. The first-order valence-electron chi connectivity index (χ1n) is 6.75. The standard InChI is InChI=1S/C14H8Br12/c15-7(6-4-2-1-3-5-6)8(16)10(18)9(17)11(19,20)13(23,24)14(25,26)12(10,21)22/h1-5,7-9H. The van der Waals surface area contributed by atoms with Crippen LogP contribution in [0, 0.1) is 0 Å². The molecule has 0 aliphatic heterocycles. The number of hydrogen-bond acceptors (Lipinski definition) is 0. The van der Waals surface area contributed by atoms with Gasteiger partial charge in [0, 0.05) is 4.83 Å². The van der Waals surface area contributed by atoms with Gasteiger partial charge in [0.1, 0.15) is 12.9 Å². The molecule has 1 aliphatic carbocycles. The molecule has 148 valence electrons. The highest BCUT2D eigenvalue weighted by molar-refractivity contribution is 9.35. The van der Waals surface area contributed by atoms with E-state index < -0.39 is 17.3 Å². The van der Waals surface area contributed by atoms with E-state index in [0.29, 0.717) is 0 Å². The lowest BCUT2D eigenvalue weighted by Gasteiger charge is -2.64. The molecule has 0 amide bonds. The van der Waals surface area contributed by atoms with Crippen molar-refractivity contribution in [1.29, 1.82) is 0 Å². The highest BCUT2D eigenvalue weighted by Crippen LogP contribution is 2.78. The van der Waals surface area contributed by atoms with Crippen LogP contribution in [0.3, 0.4) is 0 Å². The second-order valence-electron chi connectivity index (χ2n) is 5.69. The molecule has 1 saturated carbocycles. The molecule has 2 rings (SSSR count). The first-order valence-corrected chi connectivity index (χ1v) is 16.6. The quantitative estimate of drug-likeness (QED) is 0.265. The van der Waals surface area contributed by atoms with Gasteiger partial charge in [0.25, 0.3) is 0 Å². The molecule has 0 radical (unpaired) electrons. The zero-order valence-electron chi connectivity index (χ0n) is 12.2. The summed E-state index contributed by atoms with van der Waals surface area (Å²) in [5.41, 5.74) is 1.17. The Kier molecular flexibility index (Phi) is 9.76. The van der Waals surface area contributed by atoms with Gasteiger partial charge in [0.2, 0.25) is 0 Å². The Bertz CT molecular complexity index is 657. The van der Waals surface area contributed by atoms with Crippen molar-refractivity contribution in [2.24, 2.45) is 0 Å². The van der Waals surface area contributed by atoms with E-state index in [1.54, 1.807) is 0 Å². The average molecular weight is 1140 g/mol. The Labute approximate surface area is 254 Å². The van der Waals surface area contributed by atoms with Gasteiger partial charge in [-0.05, 0) is 5.56 Å². The Morgan fingerprint density at radius 3 is 1.62 bits per heavy atom. The fourth-order valence-corrected chi connectivity index (χ4v) is 17.1. The van der Waals surface area contributed by atoms with E-state index in [2.05, 4.69) is 203 Å². The van der Waals surface area contributed by atoms with E-state index in [1.165, 1.54) is 5.56 Å². The summed E-state index contributed by atoms with van der Waals surface area (Å²) in [6.45, 7) is 0. The third kappa shape index (κ3) is 4.04. The Morgan fingerprint density at radius 2 is 1.15 bits per heavy atom. The van der Waals surface area contributed by atoms with Gasteiger partial charge in [-0.3, -0.25) is 0 Å². The lowest BCUT2D eigenvalue weighted by molar-refractivity contribution is 0.409. The maximum absolute atomic E-state index is 4.07. The molecule has 0 N–H and O–H groups in total. The van der Waals surface area contributed by atoms with Crippen molar-refractivity contribution in [3.63, 3.8) is 0 Å². The van der Waals surface area contributed by atoms with Crippen molar-refractivity contribution >= 4 is 191 Å². The zero-order valence-corrected chi connectivity index (χ0v) is 31.2. The van der Waals surface area contributed by atoms with Gasteiger partial charge in [-0.25, -0.2) is 0 Å². The second-order valence-corrected chi connectivity index (χ2v) is 23.8. The highest BCUT2D eigenvalue weighted by Gasteiger charge is 2.80. The van der Waals surface area contributed by atoms with Crippen molar-refractivity contribution in [2.75, 3.05) is 0 Å². The zero-order chi connectivity index (χ0) is 20.3. The molecule has 1 aromatic rings.